The average Bonchev–Trinajstić information content (AvgIpc) is 3.08. The zero-order valence-electron chi connectivity index (χ0n) is 10.0. The second-order valence-corrected chi connectivity index (χ2v) is 4.69. The van der Waals surface area contributed by atoms with Crippen molar-refractivity contribution >= 4 is 5.97 Å². The Balaban J connectivity index is 2.06. The zero-order valence-corrected chi connectivity index (χ0v) is 10.0. The molecule has 1 aliphatic rings. The smallest absolute Gasteiger partial charge is 0.373 e. The van der Waals surface area contributed by atoms with Crippen molar-refractivity contribution in [3.8, 4) is 0 Å². The van der Waals surface area contributed by atoms with Gasteiger partial charge in [0.05, 0.1) is 11.1 Å². The minimum atomic E-state index is -1.06. The first-order valence-electron chi connectivity index (χ1n) is 5.90. The summed E-state index contributed by atoms with van der Waals surface area (Å²) in [4.78, 5) is 15.3. The van der Waals surface area contributed by atoms with E-state index in [4.69, 9.17) is 9.52 Å². The van der Waals surface area contributed by atoms with E-state index in [1.807, 2.05) is 30.3 Å². The topological polar surface area (TPSA) is 63.3 Å². The van der Waals surface area contributed by atoms with Crippen LogP contribution < -0.4 is 0 Å². The molecule has 18 heavy (non-hydrogen) atoms. The van der Waals surface area contributed by atoms with E-state index in [2.05, 4.69) is 4.98 Å². The molecule has 0 saturated heterocycles. The van der Waals surface area contributed by atoms with Crippen LogP contribution in [-0.2, 0) is 5.41 Å². The van der Waals surface area contributed by atoms with E-state index >= 15 is 0 Å². The molecular formula is C14H13NO3. The number of aromatic carboxylic acids is 1. The standard InChI is InChI=1S/C14H13NO3/c1-9-11(12(16)17)18-13(15-9)14(7-8-14)10-5-3-2-4-6-10/h2-6H,7-8H2,1H3,(H,16,17). The zero-order chi connectivity index (χ0) is 12.8. The quantitative estimate of drug-likeness (QED) is 0.900. The Morgan fingerprint density at radius 3 is 2.50 bits per heavy atom. The van der Waals surface area contributed by atoms with Crippen LogP contribution >= 0.6 is 0 Å². The van der Waals surface area contributed by atoms with E-state index < -0.39 is 5.97 Å². The lowest BCUT2D eigenvalue weighted by Gasteiger charge is -2.10. The first-order valence-corrected chi connectivity index (χ1v) is 5.90. The fourth-order valence-electron chi connectivity index (χ4n) is 2.31. The normalized spacial score (nSPS) is 16.5. The van der Waals surface area contributed by atoms with Crippen LogP contribution in [0.2, 0.25) is 0 Å². The molecule has 0 unspecified atom stereocenters. The molecule has 1 aromatic carbocycles. The van der Waals surface area contributed by atoms with Gasteiger partial charge in [-0.2, -0.15) is 0 Å². The third kappa shape index (κ3) is 1.53. The number of carboxylic acids is 1. The third-order valence-corrected chi connectivity index (χ3v) is 3.48. The highest BCUT2D eigenvalue weighted by Crippen LogP contribution is 2.53. The number of hydrogen-bond acceptors (Lipinski definition) is 3. The van der Waals surface area contributed by atoms with Crippen molar-refractivity contribution in [2.45, 2.75) is 25.2 Å². The lowest BCUT2D eigenvalue weighted by Crippen LogP contribution is -2.08. The molecule has 0 spiro atoms. The number of carboxylic acid groups (broad SMARTS) is 1. The molecule has 1 fully saturated rings. The van der Waals surface area contributed by atoms with Gasteiger partial charge >= 0.3 is 5.97 Å². The fraction of sp³-hybridized carbons (Fsp3) is 0.286. The molecule has 1 aromatic heterocycles. The van der Waals surface area contributed by atoms with E-state index in [1.165, 1.54) is 0 Å². The van der Waals surface area contributed by atoms with Crippen LogP contribution in [0.1, 0.15) is 40.5 Å². The number of carbonyl (C=O) groups is 1. The maximum Gasteiger partial charge on any atom is 0.373 e. The number of hydrogen-bond donors (Lipinski definition) is 1. The fourth-order valence-corrected chi connectivity index (χ4v) is 2.31. The van der Waals surface area contributed by atoms with Gasteiger partial charge in [0.15, 0.2) is 0 Å². The summed E-state index contributed by atoms with van der Waals surface area (Å²) < 4.78 is 5.45. The van der Waals surface area contributed by atoms with Gasteiger partial charge in [0.25, 0.3) is 0 Å². The predicted molar refractivity (Wildman–Crippen MR) is 64.7 cm³/mol. The summed E-state index contributed by atoms with van der Waals surface area (Å²) >= 11 is 0. The number of aryl methyl sites for hydroxylation is 1. The van der Waals surface area contributed by atoms with Gasteiger partial charge in [-0.25, -0.2) is 9.78 Å². The Morgan fingerprint density at radius 1 is 1.33 bits per heavy atom. The highest BCUT2D eigenvalue weighted by molar-refractivity contribution is 5.85. The molecule has 1 heterocycles. The SMILES string of the molecule is Cc1nc(C2(c3ccccc3)CC2)oc1C(=O)O. The largest absolute Gasteiger partial charge is 0.475 e. The predicted octanol–water partition coefficient (Wildman–Crippen LogP) is 2.76. The third-order valence-electron chi connectivity index (χ3n) is 3.48. The van der Waals surface area contributed by atoms with Gasteiger partial charge in [-0.15, -0.1) is 0 Å². The van der Waals surface area contributed by atoms with E-state index in [9.17, 15) is 4.79 Å². The number of aromatic nitrogens is 1. The van der Waals surface area contributed by atoms with E-state index in [0.717, 1.165) is 18.4 Å². The molecule has 92 valence electrons. The maximum atomic E-state index is 11.0. The summed E-state index contributed by atoms with van der Waals surface area (Å²) in [6, 6.07) is 9.98. The van der Waals surface area contributed by atoms with Gasteiger partial charge in [0, 0.05) is 0 Å². The van der Waals surface area contributed by atoms with E-state index in [-0.39, 0.29) is 11.2 Å². The Kier molecular flexibility index (Phi) is 2.26. The van der Waals surface area contributed by atoms with Gasteiger partial charge < -0.3 is 9.52 Å². The second-order valence-electron chi connectivity index (χ2n) is 4.69. The van der Waals surface area contributed by atoms with Gasteiger partial charge in [0.2, 0.25) is 11.7 Å². The van der Waals surface area contributed by atoms with Gasteiger partial charge in [0.1, 0.15) is 0 Å². The van der Waals surface area contributed by atoms with Crippen molar-refractivity contribution in [2.24, 2.45) is 0 Å². The lowest BCUT2D eigenvalue weighted by atomic mass is 9.96. The van der Waals surface area contributed by atoms with Crippen molar-refractivity contribution in [1.29, 1.82) is 0 Å². The number of benzene rings is 1. The van der Waals surface area contributed by atoms with Crippen molar-refractivity contribution in [1.82, 2.24) is 4.98 Å². The van der Waals surface area contributed by atoms with Crippen LogP contribution in [0.4, 0.5) is 0 Å². The summed E-state index contributed by atoms with van der Waals surface area (Å²) in [5, 5.41) is 9.00. The minimum absolute atomic E-state index is 0.0489. The van der Waals surface area contributed by atoms with Crippen LogP contribution in [-0.4, -0.2) is 16.1 Å². The molecule has 1 saturated carbocycles. The molecule has 0 amide bonds. The van der Waals surface area contributed by atoms with Crippen LogP contribution in [0.15, 0.2) is 34.7 Å². The van der Waals surface area contributed by atoms with Crippen LogP contribution in [0.25, 0.3) is 0 Å². The Labute approximate surface area is 104 Å². The molecule has 0 aliphatic heterocycles. The molecule has 1 aliphatic carbocycles. The summed E-state index contributed by atoms with van der Waals surface area (Å²) in [5.41, 5.74) is 1.38. The first kappa shape index (κ1) is 11.0. The Morgan fingerprint density at radius 2 is 2.00 bits per heavy atom. The van der Waals surface area contributed by atoms with Crippen molar-refractivity contribution < 1.29 is 14.3 Å². The molecule has 4 heteroatoms. The Bertz CT molecular complexity index is 597. The molecule has 3 rings (SSSR count). The molecule has 0 atom stereocenters. The second kappa shape index (κ2) is 3.70. The average molecular weight is 243 g/mol. The summed E-state index contributed by atoms with van der Waals surface area (Å²) in [5.74, 6) is -0.578. The molecule has 1 N–H and O–H groups in total. The monoisotopic (exact) mass is 243 g/mol. The number of rotatable bonds is 3. The van der Waals surface area contributed by atoms with Gasteiger partial charge in [-0.1, -0.05) is 30.3 Å². The maximum absolute atomic E-state index is 11.0. The minimum Gasteiger partial charge on any atom is -0.475 e. The highest BCUT2D eigenvalue weighted by Gasteiger charge is 2.50. The number of nitrogens with zero attached hydrogens (tertiary/aromatic N) is 1. The van der Waals surface area contributed by atoms with Crippen LogP contribution in [0.5, 0.6) is 0 Å². The van der Waals surface area contributed by atoms with Crippen LogP contribution in [0, 0.1) is 6.92 Å². The molecule has 0 radical (unpaired) electrons. The summed E-state index contributed by atoms with van der Waals surface area (Å²) in [6.45, 7) is 1.66. The van der Waals surface area contributed by atoms with E-state index in [0.29, 0.717) is 11.6 Å². The molecule has 4 nitrogen and oxygen atoms in total. The first-order chi connectivity index (χ1) is 8.63. The van der Waals surface area contributed by atoms with Crippen molar-refractivity contribution in [3.63, 3.8) is 0 Å². The Hall–Kier alpha value is -2.10. The van der Waals surface area contributed by atoms with Crippen LogP contribution in [0.3, 0.4) is 0 Å². The van der Waals surface area contributed by atoms with Crippen molar-refractivity contribution in [2.75, 3.05) is 0 Å². The summed E-state index contributed by atoms with van der Waals surface area (Å²) in [6.07, 6.45) is 1.91. The lowest BCUT2D eigenvalue weighted by molar-refractivity contribution is 0.0658. The van der Waals surface area contributed by atoms with Gasteiger partial charge in [-0.05, 0) is 25.3 Å². The molecule has 2 aromatic rings. The van der Waals surface area contributed by atoms with Gasteiger partial charge in [-0.3, -0.25) is 0 Å². The van der Waals surface area contributed by atoms with E-state index in [1.54, 1.807) is 6.92 Å². The molecular weight excluding hydrogens is 230 g/mol. The number of oxazole rings is 1. The molecule has 0 bridgehead atoms. The highest BCUT2D eigenvalue weighted by atomic mass is 16.4. The summed E-state index contributed by atoms with van der Waals surface area (Å²) in [7, 11) is 0. The van der Waals surface area contributed by atoms with Crippen molar-refractivity contribution in [3.05, 3.63) is 53.2 Å².